The third kappa shape index (κ3) is 2.48. The van der Waals surface area contributed by atoms with Crippen molar-refractivity contribution in [2.24, 2.45) is 5.92 Å². The normalized spacial score (nSPS) is 22.1. The zero-order valence-electron chi connectivity index (χ0n) is 10.7. The summed E-state index contributed by atoms with van der Waals surface area (Å²) < 4.78 is 5.52. The lowest BCUT2D eigenvalue weighted by molar-refractivity contribution is -0.123. The Labute approximate surface area is 112 Å². The van der Waals surface area contributed by atoms with Crippen molar-refractivity contribution in [1.82, 2.24) is 5.32 Å². The van der Waals surface area contributed by atoms with Crippen molar-refractivity contribution in [3.63, 3.8) is 0 Å². The summed E-state index contributed by atoms with van der Waals surface area (Å²) in [6, 6.07) is 6.62. The topological polar surface area (TPSA) is 55.4 Å². The molecule has 2 aliphatic rings. The predicted octanol–water partition coefficient (Wildman–Crippen LogP) is 1.94. The largest absolute Gasteiger partial charge is 0.490 e. The van der Waals surface area contributed by atoms with E-state index in [1.165, 1.54) is 6.42 Å². The SMILES string of the molecule is O=C(CC1CCC1)N[C@@H]1COc2ccccc2C1=O. The Morgan fingerprint density at radius 2 is 2.11 bits per heavy atom. The van der Waals surface area contributed by atoms with Crippen LogP contribution in [0.4, 0.5) is 0 Å². The van der Waals surface area contributed by atoms with E-state index in [4.69, 9.17) is 4.74 Å². The molecule has 1 aromatic rings. The molecule has 1 aliphatic heterocycles. The number of ketones is 1. The summed E-state index contributed by atoms with van der Waals surface area (Å²) in [5.41, 5.74) is 0.558. The number of para-hydroxylation sites is 1. The van der Waals surface area contributed by atoms with Gasteiger partial charge in [-0.05, 0) is 30.9 Å². The van der Waals surface area contributed by atoms with Crippen LogP contribution in [0.3, 0.4) is 0 Å². The maximum Gasteiger partial charge on any atom is 0.220 e. The van der Waals surface area contributed by atoms with E-state index in [-0.39, 0.29) is 18.3 Å². The van der Waals surface area contributed by atoms with Crippen molar-refractivity contribution in [2.45, 2.75) is 31.7 Å². The first kappa shape index (κ1) is 12.2. The van der Waals surface area contributed by atoms with Gasteiger partial charge in [0, 0.05) is 6.42 Å². The van der Waals surface area contributed by atoms with Crippen LogP contribution in [0, 0.1) is 5.92 Å². The number of hydrogen-bond acceptors (Lipinski definition) is 3. The Kier molecular flexibility index (Phi) is 3.23. The molecule has 0 bridgehead atoms. The molecule has 100 valence electrons. The fourth-order valence-electron chi connectivity index (χ4n) is 2.55. The summed E-state index contributed by atoms with van der Waals surface area (Å²) in [6.07, 6.45) is 4.01. The molecule has 1 heterocycles. The van der Waals surface area contributed by atoms with Crippen LogP contribution in [-0.2, 0) is 4.79 Å². The molecule has 1 N–H and O–H groups in total. The molecule has 0 aromatic heterocycles. The van der Waals surface area contributed by atoms with Crippen LogP contribution >= 0.6 is 0 Å². The highest BCUT2D eigenvalue weighted by atomic mass is 16.5. The molecular formula is C15H17NO3. The van der Waals surface area contributed by atoms with E-state index >= 15 is 0 Å². The van der Waals surface area contributed by atoms with Crippen molar-refractivity contribution in [1.29, 1.82) is 0 Å². The number of nitrogens with one attached hydrogen (secondary N) is 1. The lowest BCUT2D eigenvalue weighted by atomic mass is 9.83. The molecule has 0 radical (unpaired) electrons. The van der Waals surface area contributed by atoms with Gasteiger partial charge < -0.3 is 10.1 Å². The highest BCUT2D eigenvalue weighted by molar-refractivity contribution is 6.04. The van der Waals surface area contributed by atoms with Gasteiger partial charge in [0.25, 0.3) is 0 Å². The number of Topliss-reactive ketones (excluding diaryl/α,β-unsaturated/α-hetero) is 1. The molecular weight excluding hydrogens is 242 g/mol. The highest BCUT2D eigenvalue weighted by Gasteiger charge is 2.30. The standard InChI is InChI=1S/C15H17NO3/c17-14(8-10-4-3-5-10)16-12-9-19-13-7-2-1-6-11(13)15(12)18/h1-2,6-7,10,12H,3-5,8-9H2,(H,16,17)/t12-/m1/s1. The van der Waals surface area contributed by atoms with Gasteiger partial charge in [0.1, 0.15) is 18.4 Å². The van der Waals surface area contributed by atoms with Crippen molar-refractivity contribution in [3.8, 4) is 5.75 Å². The Bertz CT molecular complexity index is 508. The maximum atomic E-state index is 12.2. The van der Waals surface area contributed by atoms with Crippen LogP contribution in [0.5, 0.6) is 5.75 Å². The van der Waals surface area contributed by atoms with E-state index in [1.54, 1.807) is 18.2 Å². The van der Waals surface area contributed by atoms with Crippen LogP contribution in [0.2, 0.25) is 0 Å². The fourth-order valence-corrected chi connectivity index (χ4v) is 2.55. The van der Waals surface area contributed by atoms with Gasteiger partial charge in [-0.25, -0.2) is 0 Å². The molecule has 4 nitrogen and oxygen atoms in total. The molecule has 0 unspecified atom stereocenters. The lowest BCUT2D eigenvalue weighted by Gasteiger charge is -2.27. The molecule has 1 fully saturated rings. The van der Waals surface area contributed by atoms with E-state index in [2.05, 4.69) is 5.32 Å². The average molecular weight is 259 g/mol. The predicted molar refractivity (Wildman–Crippen MR) is 70.2 cm³/mol. The van der Waals surface area contributed by atoms with Crippen molar-refractivity contribution < 1.29 is 14.3 Å². The monoisotopic (exact) mass is 259 g/mol. The van der Waals surface area contributed by atoms with E-state index in [1.807, 2.05) is 6.07 Å². The second-order valence-corrected chi connectivity index (χ2v) is 5.29. The summed E-state index contributed by atoms with van der Waals surface area (Å²) in [5.74, 6) is 1.03. The first-order valence-electron chi connectivity index (χ1n) is 6.79. The minimum Gasteiger partial charge on any atom is -0.490 e. The van der Waals surface area contributed by atoms with E-state index in [0.29, 0.717) is 23.7 Å². The van der Waals surface area contributed by atoms with Gasteiger partial charge in [-0.1, -0.05) is 18.6 Å². The highest BCUT2D eigenvalue weighted by Crippen LogP contribution is 2.29. The Balaban J connectivity index is 1.63. The van der Waals surface area contributed by atoms with Crippen LogP contribution in [0.1, 0.15) is 36.0 Å². The number of amides is 1. The van der Waals surface area contributed by atoms with Gasteiger partial charge in [-0.3, -0.25) is 9.59 Å². The molecule has 1 saturated carbocycles. The minimum absolute atomic E-state index is 0.0361. The van der Waals surface area contributed by atoms with Gasteiger partial charge in [0.15, 0.2) is 5.78 Å². The second-order valence-electron chi connectivity index (χ2n) is 5.29. The van der Waals surface area contributed by atoms with Crippen molar-refractivity contribution in [3.05, 3.63) is 29.8 Å². The Hall–Kier alpha value is -1.84. The molecule has 1 aromatic carbocycles. The summed E-state index contributed by atoms with van der Waals surface area (Å²) in [7, 11) is 0. The average Bonchev–Trinajstić information content (AvgIpc) is 2.38. The zero-order valence-corrected chi connectivity index (χ0v) is 10.7. The molecule has 3 rings (SSSR count). The molecule has 1 aliphatic carbocycles. The number of carbonyl (C=O) groups excluding carboxylic acids is 2. The summed E-state index contributed by atoms with van der Waals surface area (Å²) >= 11 is 0. The smallest absolute Gasteiger partial charge is 0.220 e. The number of rotatable bonds is 3. The third-order valence-corrected chi connectivity index (χ3v) is 3.91. The van der Waals surface area contributed by atoms with Crippen LogP contribution in [-0.4, -0.2) is 24.3 Å². The summed E-state index contributed by atoms with van der Waals surface area (Å²) in [4.78, 5) is 24.1. The first-order chi connectivity index (χ1) is 9.24. The Morgan fingerprint density at radius 3 is 2.84 bits per heavy atom. The van der Waals surface area contributed by atoms with Crippen LogP contribution in [0.15, 0.2) is 24.3 Å². The van der Waals surface area contributed by atoms with Crippen molar-refractivity contribution in [2.75, 3.05) is 6.61 Å². The van der Waals surface area contributed by atoms with E-state index < -0.39 is 6.04 Å². The number of hydrogen-bond donors (Lipinski definition) is 1. The molecule has 1 atom stereocenters. The summed E-state index contributed by atoms with van der Waals surface area (Å²) in [6.45, 7) is 0.228. The summed E-state index contributed by atoms with van der Waals surface area (Å²) in [5, 5.41) is 2.80. The lowest BCUT2D eigenvalue weighted by Crippen LogP contribution is -2.47. The van der Waals surface area contributed by atoms with Gasteiger partial charge in [-0.15, -0.1) is 0 Å². The van der Waals surface area contributed by atoms with Gasteiger partial charge >= 0.3 is 0 Å². The first-order valence-corrected chi connectivity index (χ1v) is 6.79. The minimum atomic E-state index is -0.539. The molecule has 0 saturated heterocycles. The maximum absolute atomic E-state index is 12.2. The quantitative estimate of drug-likeness (QED) is 0.902. The fraction of sp³-hybridized carbons (Fsp3) is 0.467. The Morgan fingerprint density at radius 1 is 1.32 bits per heavy atom. The van der Waals surface area contributed by atoms with Crippen molar-refractivity contribution >= 4 is 11.7 Å². The number of fused-ring (bicyclic) bond motifs is 1. The van der Waals surface area contributed by atoms with Gasteiger partial charge in [0.05, 0.1) is 5.56 Å². The molecule has 19 heavy (non-hydrogen) atoms. The molecule has 0 spiro atoms. The molecule has 4 heteroatoms. The van der Waals surface area contributed by atoms with Crippen LogP contribution < -0.4 is 10.1 Å². The zero-order chi connectivity index (χ0) is 13.2. The van der Waals surface area contributed by atoms with Gasteiger partial charge in [-0.2, -0.15) is 0 Å². The second kappa shape index (κ2) is 5.03. The number of benzene rings is 1. The third-order valence-electron chi connectivity index (χ3n) is 3.91. The van der Waals surface area contributed by atoms with E-state index in [9.17, 15) is 9.59 Å². The van der Waals surface area contributed by atoms with Gasteiger partial charge in [0.2, 0.25) is 5.91 Å². The molecule has 1 amide bonds. The van der Waals surface area contributed by atoms with E-state index in [0.717, 1.165) is 12.8 Å². The van der Waals surface area contributed by atoms with Crippen LogP contribution in [0.25, 0.3) is 0 Å². The number of carbonyl (C=O) groups is 2. The number of ether oxygens (including phenoxy) is 1.